The fourth-order valence-corrected chi connectivity index (χ4v) is 14.8. The second-order valence-electron chi connectivity index (χ2n) is 19.4. The Labute approximate surface area is 367 Å². The molecular weight excluding hydrogens is 795 g/mol. The molecule has 2 heterocycles. The fourth-order valence-electron chi connectivity index (χ4n) is 8.48. The van der Waals surface area contributed by atoms with Gasteiger partial charge in [-0.25, -0.2) is 4.98 Å². The summed E-state index contributed by atoms with van der Waals surface area (Å²) in [6, 6.07) is 31.9. The van der Waals surface area contributed by atoms with Crippen molar-refractivity contribution in [3.05, 3.63) is 124 Å². The van der Waals surface area contributed by atoms with E-state index < -0.39 is 46.3 Å². The number of hydrogen-bond donors (Lipinski definition) is 1. The quantitative estimate of drug-likeness (QED) is 0.0782. The van der Waals surface area contributed by atoms with Crippen molar-refractivity contribution in [1.29, 1.82) is 0 Å². The second kappa shape index (κ2) is 20.2. The van der Waals surface area contributed by atoms with Crippen LogP contribution in [0.25, 0.3) is 6.08 Å². The van der Waals surface area contributed by atoms with Crippen molar-refractivity contribution in [2.75, 3.05) is 0 Å². The molecule has 6 atom stereocenters. The van der Waals surface area contributed by atoms with Crippen LogP contribution in [0.1, 0.15) is 105 Å². The summed E-state index contributed by atoms with van der Waals surface area (Å²) in [6.07, 6.45) is 5.22. The van der Waals surface area contributed by atoms with Crippen LogP contribution in [0.4, 0.5) is 0 Å². The monoisotopic (exact) mass is 865 g/mol. The molecule has 0 unspecified atom stereocenters. The van der Waals surface area contributed by atoms with Gasteiger partial charge in [0.25, 0.3) is 8.32 Å². The molecule has 3 aromatic carbocycles. The van der Waals surface area contributed by atoms with Crippen LogP contribution in [0.3, 0.4) is 0 Å². The second-order valence-corrected chi connectivity index (χ2v) is 28.5. The van der Waals surface area contributed by atoms with Gasteiger partial charge in [-0.2, -0.15) is 0 Å². The fraction of sp³-hybridized carbons (Fsp3) is 0.490. The third-order valence-corrected chi connectivity index (χ3v) is 22.6. The van der Waals surface area contributed by atoms with Gasteiger partial charge < -0.3 is 18.7 Å². The van der Waals surface area contributed by atoms with Gasteiger partial charge >= 0.3 is 5.97 Å². The molecule has 5 rings (SSSR count). The Balaban J connectivity index is 1.70. The molecule has 1 aromatic heterocycles. The van der Waals surface area contributed by atoms with Crippen LogP contribution in [0.2, 0.25) is 18.1 Å². The lowest BCUT2D eigenvalue weighted by atomic mass is 9.71. The summed E-state index contributed by atoms with van der Waals surface area (Å²) in [5, 5.41) is 18.9. The number of thiazole rings is 1. The van der Waals surface area contributed by atoms with Crippen LogP contribution >= 0.6 is 11.3 Å². The Morgan fingerprint density at radius 2 is 1.43 bits per heavy atom. The first-order valence-electron chi connectivity index (χ1n) is 21.9. The maximum absolute atomic E-state index is 14.2. The molecule has 324 valence electrons. The number of aliphatic hydroxyl groups excluding tert-OH is 1. The number of hydrogen-bond acceptors (Lipinski definition) is 7. The van der Waals surface area contributed by atoms with E-state index in [1.165, 1.54) is 5.57 Å². The first-order chi connectivity index (χ1) is 28.3. The van der Waals surface area contributed by atoms with Gasteiger partial charge in [0.05, 0.1) is 35.4 Å². The van der Waals surface area contributed by atoms with Crippen LogP contribution in [-0.2, 0) is 18.4 Å². The number of esters is 1. The van der Waals surface area contributed by atoms with E-state index in [2.05, 4.69) is 171 Å². The Morgan fingerprint density at radius 3 is 1.92 bits per heavy atom. The molecule has 0 bridgehead atoms. The maximum atomic E-state index is 14.2. The Bertz CT molecular complexity index is 1940. The number of carbonyl (C=O) groups is 1. The molecule has 9 heteroatoms. The number of carbonyl (C=O) groups excluding carboxylic acids is 1. The molecule has 1 N–H and O–H groups in total. The van der Waals surface area contributed by atoms with E-state index in [4.69, 9.17) is 13.6 Å². The molecule has 60 heavy (non-hydrogen) atoms. The largest absolute Gasteiger partial charge is 0.457 e. The van der Waals surface area contributed by atoms with Gasteiger partial charge in [0.15, 0.2) is 8.32 Å². The molecule has 0 amide bonds. The molecule has 0 saturated carbocycles. The van der Waals surface area contributed by atoms with Gasteiger partial charge in [0.1, 0.15) is 6.10 Å². The van der Waals surface area contributed by atoms with Crippen molar-refractivity contribution in [3.8, 4) is 0 Å². The van der Waals surface area contributed by atoms with Crippen LogP contribution in [-0.4, -0.2) is 57.1 Å². The summed E-state index contributed by atoms with van der Waals surface area (Å²) >= 11 is 1.60. The average Bonchev–Trinajstić information content (AvgIpc) is 3.62. The van der Waals surface area contributed by atoms with Crippen LogP contribution in [0.5, 0.6) is 0 Å². The van der Waals surface area contributed by atoms with E-state index in [0.29, 0.717) is 6.42 Å². The normalized spacial score (nSPS) is 25.2. The molecule has 0 radical (unpaired) electrons. The van der Waals surface area contributed by atoms with Crippen molar-refractivity contribution in [1.82, 2.24) is 4.98 Å². The molecule has 0 aliphatic carbocycles. The highest BCUT2D eigenvalue weighted by Gasteiger charge is 2.53. The Morgan fingerprint density at radius 1 is 0.900 bits per heavy atom. The van der Waals surface area contributed by atoms with Crippen LogP contribution in [0.15, 0.2) is 114 Å². The highest BCUT2D eigenvalue weighted by molar-refractivity contribution is 7.09. The van der Waals surface area contributed by atoms with E-state index in [-0.39, 0.29) is 29.4 Å². The van der Waals surface area contributed by atoms with Gasteiger partial charge in [-0.3, -0.25) is 4.79 Å². The van der Waals surface area contributed by atoms with E-state index >= 15 is 0 Å². The number of aryl methyl sites for hydroxylation is 1. The summed E-state index contributed by atoms with van der Waals surface area (Å²) in [5.74, 6) is -0.422. The lowest BCUT2D eigenvalue weighted by molar-refractivity contribution is -0.154. The highest BCUT2D eigenvalue weighted by Crippen LogP contribution is 2.44. The third-order valence-electron chi connectivity index (χ3n) is 13.3. The maximum Gasteiger partial charge on any atom is 0.309 e. The van der Waals surface area contributed by atoms with Crippen LogP contribution < -0.4 is 15.6 Å². The van der Waals surface area contributed by atoms with E-state index in [9.17, 15) is 9.90 Å². The van der Waals surface area contributed by atoms with Crippen molar-refractivity contribution in [2.24, 2.45) is 17.3 Å². The summed E-state index contributed by atoms with van der Waals surface area (Å²) in [6.45, 7) is 26.5. The molecule has 0 saturated heterocycles. The zero-order chi connectivity index (χ0) is 43.9. The predicted octanol–water partition coefficient (Wildman–Crippen LogP) is 10.8. The number of ether oxygens (including phenoxy) is 1. The number of aliphatic hydroxyl groups is 1. The minimum absolute atomic E-state index is 0.0196. The third kappa shape index (κ3) is 11.3. The zero-order valence-corrected chi connectivity index (χ0v) is 41.1. The number of nitrogens with zero attached hydrogens (tertiary/aromatic N) is 1. The summed E-state index contributed by atoms with van der Waals surface area (Å²) in [7, 11) is -5.63. The highest BCUT2D eigenvalue weighted by atomic mass is 32.1. The SMILES string of the molecule is C/C1=C/C[C@@H](/C(C)=C/c2csc(C)n2)OC(=O)C[C@@H](O)C(C)(C)[C@H](O[Si](c2ccccc2)(c2ccccc2)c2ccccc2)[C@@H](C)[C@H](O[Si](C)(C)C(C)(C)C)[C@@H](C)CCC1. The smallest absolute Gasteiger partial charge is 0.309 e. The van der Waals surface area contributed by atoms with Gasteiger partial charge in [0.2, 0.25) is 0 Å². The minimum Gasteiger partial charge on any atom is -0.457 e. The number of allylic oxidation sites excluding steroid dienone is 1. The summed E-state index contributed by atoms with van der Waals surface area (Å²) in [4.78, 5) is 18.8. The Kier molecular flexibility index (Phi) is 16.0. The molecule has 0 fully saturated rings. The van der Waals surface area contributed by atoms with Gasteiger partial charge in [-0.15, -0.1) is 11.3 Å². The lowest BCUT2D eigenvalue weighted by Gasteiger charge is -2.51. The van der Waals surface area contributed by atoms with Crippen molar-refractivity contribution in [3.63, 3.8) is 0 Å². The van der Waals surface area contributed by atoms with Crippen molar-refractivity contribution >= 4 is 55.6 Å². The summed E-state index contributed by atoms with van der Waals surface area (Å²) in [5.41, 5.74) is 2.12. The standard InChI is InChI=1S/C51H71NO5SSi2/c1-36-23-22-24-37(2)48(56-59(11,12)50(6,7)8)39(4)49(51(9,10)46(53)34-47(54)55-45(32-31-36)38(3)33-41-35-58-40(5)52-41)57-60(42-25-16-13-17-26-42,43-27-18-14-19-28-43)44-29-20-15-21-30-44/h13-21,25-31,33,35,37,39,45-46,48-49,53H,22-24,32,34H2,1-12H3/b36-31-,38-33+/t37-,39-,45-,46+,48+,49+/m0/s1. The molecule has 6 nitrogen and oxygen atoms in total. The molecule has 0 spiro atoms. The van der Waals surface area contributed by atoms with E-state index in [1.54, 1.807) is 11.3 Å². The number of rotatable bonds is 9. The van der Waals surface area contributed by atoms with E-state index in [1.807, 2.05) is 25.3 Å². The number of aromatic nitrogens is 1. The first kappa shape index (κ1) is 47.6. The predicted molar refractivity (Wildman–Crippen MR) is 256 cm³/mol. The van der Waals surface area contributed by atoms with Gasteiger partial charge in [-0.05, 0) is 91.3 Å². The minimum atomic E-state index is -3.32. The zero-order valence-electron chi connectivity index (χ0n) is 38.3. The molecule has 1 aliphatic heterocycles. The van der Waals surface area contributed by atoms with Crippen molar-refractivity contribution in [2.45, 2.75) is 144 Å². The average molecular weight is 866 g/mol. The van der Waals surface area contributed by atoms with Gasteiger partial charge in [-0.1, -0.05) is 151 Å². The molecule has 1 aliphatic rings. The van der Waals surface area contributed by atoms with Crippen molar-refractivity contribution < 1.29 is 23.5 Å². The summed E-state index contributed by atoms with van der Waals surface area (Å²) < 4.78 is 22.0. The lowest BCUT2D eigenvalue weighted by Crippen LogP contribution is -2.72. The van der Waals surface area contributed by atoms with Gasteiger partial charge in [0, 0.05) is 23.1 Å². The molecule has 4 aromatic rings. The Hall–Kier alpha value is -3.45. The van der Waals surface area contributed by atoms with E-state index in [0.717, 1.165) is 51.1 Å². The molecular formula is C51H71NO5SSi2. The first-order valence-corrected chi connectivity index (χ1v) is 27.6. The number of benzene rings is 3. The topological polar surface area (TPSA) is 77.9 Å². The number of cyclic esters (lactones) is 1. The van der Waals surface area contributed by atoms with Crippen LogP contribution in [0, 0.1) is 24.2 Å².